The number of nitrogens with two attached hydrogens (primary N) is 2. The maximum absolute atomic E-state index is 12.5. The molecule has 2 aliphatic heterocycles. The number of aliphatic hydroxyl groups excluding tert-OH is 2. The summed E-state index contributed by atoms with van der Waals surface area (Å²) in [6, 6.07) is 24.6. The molecule has 39 nitrogen and oxygen atoms in total. The molecular weight excluding hydrogens is 2120 g/mol. The molecule has 764 valence electrons. The third kappa shape index (κ3) is 54.2. The van der Waals surface area contributed by atoms with Gasteiger partial charge in [-0.1, -0.05) is 19.6 Å². The lowest BCUT2D eigenvalue weighted by Gasteiger charge is -2.28. The molecule has 2 aliphatic rings. The average Bonchev–Trinajstić information content (AvgIpc) is 1.53. The molecular formula is C94H136Br5N17O22. The third-order valence-corrected chi connectivity index (χ3v) is 19.4. The molecule has 0 aliphatic carbocycles. The number of hydrogen-bond acceptors (Lipinski definition) is 34. The first-order chi connectivity index (χ1) is 63.1. The molecule has 7 aromatic rings. The maximum atomic E-state index is 12.5. The van der Waals surface area contributed by atoms with Crippen molar-refractivity contribution in [2.24, 2.45) is 0 Å². The Balaban J connectivity index is 0.00000159. The predicted octanol–water partition coefficient (Wildman–Crippen LogP) is 20.1. The first kappa shape index (κ1) is 128. The van der Waals surface area contributed by atoms with E-state index in [1.165, 1.54) is 11.6 Å². The second kappa shape index (κ2) is 59.9. The van der Waals surface area contributed by atoms with Crippen LogP contribution in [0.1, 0.15) is 216 Å². The number of carbonyl (C=O) groups excluding carboxylic acids is 11. The summed E-state index contributed by atoms with van der Waals surface area (Å²) in [5, 5.41) is 26.2. The normalized spacial score (nSPS) is 12.6. The number of pyridine rings is 7. The van der Waals surface area contributed by atoms with E-state index in [2.05, 4.69) is 148 Å². The molecule has 1 fully saturated rings. The number of nitrogen functional groups attached to an aromatic ring is 2. The summed E-state index contributed by atoms with van der Waals surface area (Å²) in [4.78, 5) is 155. The van der Waals surface area contributed by atoms with E-state index >= 15 is 0 Å². The van der Waals surface area contributed by atoms with Crippen molar-refractivity contribution in [3.63, 3.8) is 0 Å². The highest BCUT2D eigenvalue weighted by Gasteiger charge is 2.36. The van der Waals surface area contributed by atoms with Crippen LogP contribution in [0.5, 0.6) is 0 Å². The number of aryl methyl sites for hydroxylation is 2. The Bertz CT molecular complexity index is 5130. The number of carbonyl (C=O) groups is 7. The van der Waals surface area contributed by atoms with Crippen LogP contribution < -0.4 is 37.2 Å². The Kier molecular flexibility index (Phi) is 55.3. The first-order valence-electron chi connectivity index (χ1n) is 42.3. The fourth-order valence-corrected chi connectivity index (χ4v) is 12.0. The number of anilines is 7. The number of nitrogens with one attached hydrogen (secondary N) is 3. The van der Waals surface area contributed by atoms with Crippen LogP contribution in [-0.4, -0.2) is 223 Å². The van der Waals surface area contributed by atoms with Gasteiger partial charge in [-0.2, -0.15) is 29.0 Å². The predicted molar refractivity (Wildman–Crippen MR) is 544 cm³/mol. The Morgan fingerprint density at radius 1 is 0.406 bits per heavy atom. The molecule has 138 heavy (non-hydrogen) atoms. The van der Waals surface area contributed by atoms with Crippen molar-refractivity contribution in [1.82, 2.24) is 49.6 Å². The fraction of sp³-hybridized carbons (Fsp3) is 0.511. The summed E-state index contributed by atoms with van der Waals surface area (Å²) < 4.78 is 51.4. The smallest absolute Gasteiger partial charge is 0.425 e. The van der Waals surface area contributed by atoms with Gasteiger partial charge in [0.05, 0.1) is 72.9 Å². The number of aliphatic hydroxyl groups is 2. The summed E-state index contributed by atoms with van der Waals surface area (Å²) in [6.45, 7) is 44.9. The molecule has 0 aromatic carbocycles. The lowest BCUT2D eigenvalue weighted by molar-refractivity contribution is -0.193. The van der Waals surface area contributed by atoms with Crippen LogP contribution in [0.3, 0.4) is 0 Å². The summed E-state index contributed by atoms with van der Waals surface area (Å²) in [5.41, 5.74) is 15.1. The number of amides is 7. The van der Waals surface area contributed by atoms with Gasteiger partial charge < -0.3 is 79.0 Å². The van der Waals surface area contributed by atoms with E-state index in [0.29, 0.717) is 86.5 Å². The minimum atomic E-state index is -0.907. The number of nitrogens with zero attached hydrogens (tertiary/aromatic N) is 12. The lowest BCUT2D eigenvalue weighted by atomic mass is 9.96. The molecule has 0 spiro atoms. The molecule has 1 unspecified atom stereocenters. The van der Waals surface area contributed by atoms with Gasteiger partial charge in [0.25, 0.3) is 0 Å². The molecule has 0 bridgehead atoms. The highest BCUT2D eigenvalue weighted by atomic mass is 79.9. The molecule has 1 atom stereocenters. The number of imide groups is 2. The van der Waals surface area contributed by atoms with Crippen molar-refractivity contribution in [2.45, 2.75) is 251 Å². The topological polar surface area (TPSA) is 506 Å². The first-order valence-corrected chi connectivity index (χ1v) is 46.3. The molecule has 1 saturated heterocycles. The van der Waals surface area contributed by atoms with E-state index in [4.69, 9.17) is 78.4 Å². The fourth-order valence-electron chi connectivity index (χ4n) is 10.5. The van der Waals surface area contributed by atoms with Crippen LogP contribution in [0.2, 0.25) is 0 Å². The van der Waals surface area contributed by atoms with Crippen LogP contribution in [0, 0.1) is 13.8 Å². The Labute approximate surface area is 851 Å². The van der Waals surface area contributed by atoms with Crippen LogP contribution >= 0.6 is 79.6 Å². The van der Waals surface area contributed by atoms with Gasteiger partial charge >= 0.3 is 55.0 Å². The number of aromatic nitrogens is 7. The van der Waals surface area contributed by atoms with E-state index < -0.39 is 81.9 Å². The van der Waals surface area contributed by atoms with Crippen molar-refractivity contribution in [1.29, 1.82) is 0 Å². The maximum Gasteiger partial charge on any atom is 0.425 e. The second-order valence-electron chi connectivity index (χ2n) is 37.3. The number of hydrogen-bond donors (Lipinski definition) is 7. The van der Waals surface area contributed by atoms with Crippen molar-refractivity contribution >= 4 is 181 Å². The van der Waals surface area contributed by atoms with Gasteiger partial charge in [0.2, 0.25) is 0 Å². The summed E-state index contributed by atoms with van der Waals surface area (Å²) >= 11 is 16.6. The Morgan fingerprint density at radius 3 is 1.06 bits per heavy atom. The number of ether oxygens (including phenoxy) is 9. The third-order valence-electron chi connectivity index (χ3n) is 15.6. The van der Waals surface area contributed by atoms with E-state index in [0.717, 1.165) is 78.4 Å². The van der Waals surface area contributed by atoms with Crippen molar-refractivity contribution in [2.75, 3.05) is 106 Å². The SMILES string of the molecule is C.CC(C)(C)OC(=O)N(C(=O)OC(C)(C)C)c1ccc(Br)c(CO)n1.CC(C)(C)OC(=O)Nc1ccc(Br)c(CO)n1.CN(C)Cc1nc(N)ccc1C1CCOC1.CN(C)Cc1nc(NC(=O)OC(C)(C)C)ccc1Br.CN(C)Cc1nc(NC(=O)OC(C)(C)C)ccc1C1=CCOC1.Cc1nc(N(C(=O)OC(C)(C)C)C(=O)OC(C)(C)C)ccc1Br.Cc1nc(N)ccc1Br.O=C=O.O=C=O. The molecule has 0 radical (unpaired) electrons. The largest absolute Gasteiger partial charge is 0.444 e. The Morgan fingerprint density at radius 2 is 0.717 bits per heavy atom. The summed E-state index contributed by atoms with van der Waals surface area (Å²) in [6.07, 6.45) is -1.40. The molecule has 9 heterocycles. The standard InChI is InChI=1S/C17H25N3O3.C16H23BrN2O5.C16H23BrN2O4.C13H20BrN3O2.C12H19N3O.C11H15BrN2O3.C6H7BrN2.2CO2.CH4/c1-17(2,3)23-16(21)19-15-7-6-13(12-8-9-22-11-12)14(18-15)10-20(4)5;1-15(2,3)23-13(21)19(14(22)24-16(4,5)6)12-8-7-10(17)11(9-20)18-12;1-10-11(17)8-9-12(18-10)19(13(20)22-15(2,3)4)14(21)23-16(5,6)7;1-13(2,3)19-12(18)16-11-7-6-9(14)10(15-11)8-17(4)5;1-15(2)7-11-10(3-4-12(13)14-11)9-5-6-16-8-9;1-11(2,3)17-10(16)14-9-5-4-7(12)8(6-15)13-9;1-4-5(7)2-3-6(8)9-4;2*2-1-3;/h6-8H,9-11H2,1-5H3,(H,18,19,21);7-8,20H,9H2,1-6H3;8-9H,1-7H3;6-7H,8H2,1-5H3,(H,15,16,18);3-4,9H,5-8H2,1-2H3,(H2,13,14);4-5,15H,6H2,1-3H3,(H,13,14,16);2-3H,1H3,(H2,8,9);;;1H4. The van der Waals surface area contributed by atoms with Gasteiger partial charge in [0.1, 0.15) is 79.9 Å². The van der Waals surface area contributed by atoms with E-state index in [1.807, 2.05) is 125 Å². The van der Waals surface area contributed by atoms with Crippen LogP contribution in [0.4, 0.5) is 74.3 Å². The highest BCUT2D eigenvalue weighted by molar-refractivity contribution is 9.11. The minimum absolute atomic E-state index is 0. The van der Waals surface area contributed by atoms with E-state index in [-0.39, 0.29) is 50.3 Å². The molecule has 7 amide bonds. The van der Waals surface area contributed by atoms with Gasteiger partial charge in [-0.25, -0.2) is 68.4 Å². The van der Waals surface area contributed by atoms with E-state index in [1.54, 1.807) is 159 Å². The molecule has 0 saturated carbocycles. The van der Waals surface area contributed by atoms with Crippen LogP contribution in [-0.2, 0) is 94.7 Å². The van der Waals surface area contributed by atoms with Crippen molar-refractivity contribution in [3.8, 4) is 0 Å². The summed E-state index contributed by atoms with van der Waals surface area (Å²) in [7, 11) is 12.0. The molecule has 9 N–H and O–H groups in total. The van der Waals surface area contributed by atoms with Gasteiger partial charge in [-0.3, -0.25) is 16.0 Å². The van der Waals surface area contributed by atoms with Crippen molar-refractivity contribution in [3.05, 3.63) is 164 Å². The number of rotatable bonds is 15. The zero-order valence-corrected chi connectivity index (χ0v) is 91.2. The lowest BCUT2D eigenvalue weighted by Crippen LogP contribution is -2.44. The zero-order valence-electron chi connectivity index (χ0n) is 83.3. The number of halogens is 5. The quantitative estimate of drug-likeness (QED) is 0.0469. The van der Waals surface area contributed by atoms with Gasteiger partial charge in [-0.05, 0) is 378 Å². The second-order valence-corrected chi connectivity index (χ2v) is 41.6. The van der Waals surface area contributed by atoms with Gasteiger partial charge in [0.15, 0.2) is 0 Å². The highest BCUT2D eigenvalue weighted by Crippen LogP contribution is 2.32. The van der Waals surface area contributed by atoms with Crippen LogP contribution in [0.25, 0.3) is 5.57 Å². The van der Waals surface area contributed by atoms with Crippen molar-refractivity contribution < 1.29 is 106 Å². The molecule has 9 rings (SSSR count). The molecule has 44 heteroatoms. The Hall–Kier alpha value is -10.4. The van der Waals surface area contributed by atoms with E-state index in [9.17, 15) is 38.7 Å². The molecule has 7 aromatic heterocycles. The average molecular weight is 2260 g/mol. The summed E-state index contributed by atoms with van der Waals surface area (Å²) in [5.74, 6) is 3.11. The van der Waals surface area contributed by atoms with Gasteiger partial charge in [-0.15, -0.1) is 0 Å². The monoisotopic (exact) mass is 2250 g/mol. The van der Waals surface area contributed by atoms with Crippen LogP contribution in [0.15, 0.2) is 113 Å². The minimum Gasteiger partial charge on any atom is -0.444 e. The zero-order chi connectivity index (χ0) is 105. The van der Waals surface area contributed by atoms with Gasteiger partial charge in [0, 0.05) is 60.1 Å².